The van der Waals surface area contributed by atoms with Crippen LogP contribution >= 0.6 is 11.6 Å². The van der Waals surface area contributed by atoms with Crippen molar-refractivity contribution in [1.29, 1.82) is 0 Å². The van der Waals surface area contributed by atoms with Gasteiger partial charge in [-0.3, -0.25) is 4.79 Å². The fourth-order valence-electron chi connectivity index (χ4n) is 3.78. The van der Waals surface area contributed by atoms with Gasteiger partial charge in [0.1, 0.15) is 0 Å². The first-order chi connectivity index (χ1) is 13.0. The van der Waals surface area contributed by atoms with Crippen LogP contribution in [0.25, 0.3) is 0 Å². The summed E-state index contributed by atoms with van der Waals surface area (Å²) in [5.74, 6) is 0.0475. The Kier molecular flexibility index (Phi) is 8.43. The summed E-state index contributed by atoms with van der Waals surface area (Å²) < 4.78 is 2.27. The summed E-state index contributed by atoms with van der Waals surface area (Å²) >= 11 is 5.95. The highest BCUT2D eigenvalue weighted by Gasteiger charge is 2.24. The number of carbonyl (C=O) groups excluding carboxylic acids is 1. The van der Waals surface area contributed by atoms with Crippen molar-refractivity contribution in [2.45, 2.75) is 72.3 Å². The lowest BCUT2D eigenvalue weighted by Gasteiger charge is -2.10. The number of unbranched alkanes of at least 4 members (excludes halogenated alkanes) is 2. The molecule has 0 saturated heterocycles. The third-order valence-corrected chi connectivity index (χ3v) is 5.45. The molecule has 4 heteroatoms. The summed E-state index contributed by atoms with van der Waals surface area (Å²) in [5, 5.41) is 3.84. The number of rotatable bonds is 10. The Balaban J connectivity index is 2.29. The topological polar surface area (TPSA) is 34.0 Å². The summed E-state index contributed by atoms with van der Waals surface area (Å²) in [5.41, 5.74) is 5.72. The molecule has 0 unspecified atom stereocenters. The summed E-state index contributed by atoms with van der Waals surface area (Å²) in [6.45, 7) is 7.08. The van der Waals surface area contributed by atoms with Gasteiger partial charge in [0.2, 0.25) is 0 Å². The molecule has 0 fully saturated rings. The molecule has 0 aliphatic carbocycles. The van der Waals surface area contributed by atoms with Gasteiger partial charge in [0.25, 0.3) is 5.91 Å². The van der Waals surface area contributed by atoms with E-state index < -0.39 is 0 Å². The van der Waals surface area contributed by atoms with Gasteiger partial charge in [0.15, 0.2) is 0 Å². The molecule has 2 rings (SSSR count). The standard InChI is InChI=1S/C23H33ClN2O/c1-5-8-9-11-19-21(10-6-2)26(4)20(7-3)22(19)23(27)25-16-17-12-14-18(24)15-13-17/h12-15H,5-11,16H2,1-4H3,(H,25,27). The van der Waals surface area contributed by atoms with E-state index in [2.05, 4.69) is 37.7 Å². The third-order valence-electron chi connectivity index (χ3n) is 5.19. The number of benzene rings is 1. The molecule has 0 atom stereocenters. The SMILES string of the molecule is CCCCCc1c(C(=O)NCc2ccc(Cl)cc2)c(CC)n(C)c1CCC. The van der Waals surface area contributed by atoms with E-state index in [0.717, 1.165) is 48.9 Å². The molecule has 1 N–H and O–H groups in total. The van der Waals surface area contributed by atoms with Crippen LogP contribution < -0.4 is 5.32 Å². The smallest absolute Gasteiger partial charge is 0.253 e. The lowest BCUT2D eigenvalue weighted by molar-refractivity contribution is 0.0949. The molecule has 0 aliphatic heterocycles. The van der Waals surface area contributed by atoms with Crippen molar-refractivity contribution in [3.05, 3.63) is 57.4 Å². The zero-order valence-corrected chi connectivity index (χ0v) is 18.0. The molecule has 0 radical (unpaired) electrons. The molecule has 1 aromatic carbocycles. The Morgan fingerprint density at radius 1 is 1.00 bits per heavy atom. The zero-order valence-electron chi connectivity index (χ0n) is 17.2. The quantitative estimate of drug-likeness (QED) is 0.508. The van der Waals surface area contributed by atoms with Crippen LogP contribution in [-0.4, -0.2) is 10.5 Å². The number of nitrogens with one attached hydrogen (secondary N) is 1. The lowest BCUT2D eigenvalue weighted by atomic mass is 9.98. The minimum atomic E-state index is 0.0475. The second-order valence-electron chi connectivity index (χ2n) is 7.18. The maximum atomic E-state index is 13.1. The third kappa shape index (κ3) is 5.38. The molecule has 1 heterocycles. The van der Waals surface area contributed by atoms with E-state index in [1.807, 2.05) is 24.3 Å². The second kappa shape index (κ2) is 10.6. The predicted octanol–water partition coefficient (Wildman–Crippen LogP) is 5.86. The van der Waals surface area contributed by atoms with E-state index in [1.54, 1.807) is 0 Å². The minimum absolute atomic E-state index is 0.0475. The van der Waals surface area contributed by atoms with Crippen molar-refractivity contribution < 1.29 is 4.79 Å². The van der Waals surface area contributed by atoms with Crippen molar-refractivity contribution >= 4 is 17.5 Å². The first-order valence-electron chi connectivity index (χ1n) is 10.2. The van der Waals surface area contributed by atoms with Crippen LogP contribution in [0.15, 0.2) is 24.3 Å². The van der Waals surface area contributed by atoms with Gasteiger partial charge >= 0.3 is 0 Å². The van der Waals surface area contributed by atoms with Crippen LogP contribution in [-0.2, 0) is 32.9 Å². The highest BCUT2D eigenvalue weighted by Crippen LogP contribution is 2.26. The average molecular weight is 389 g/mol. The van der Waals surface area contributed by atoms with Gasteiger partial charge in [0, 0.05) is 30.0 Å². The fourth-order valence-corrected chi connectivity index (χ4v) is 3.91. The first-order valence-corrected chi connectivity index (χ1v) is 10.6. The molecule has 3 nitrogen and oxygen atoms in total. The van der Waals surface area contributed by atoms with E-state index in [9.17, 15) is 4.79 Å². The Morgan fingerprint density at radius 3 is 2.30 bits per heavy atom. The Hall–Kier alpha value is -1.74. The van der Waals surface area contributed by atoms with E-state index in [1.165, 1.54) is 24.1 Å². The fraction of sp³-hybridized carbons (Fsp3) is 0.522. The minimum Gasteiger partial charge on any atom is -0.351 e. The monoisotopic (exact) mass is 388 g/mol. The van der Waals surface area contributed by atoms with Crippen LogP contribution in [0.4, 0.5) is 0 Å². The van der Waals surface area contributed by atoms with Gasteiger partial charge in [-0.15, -0.1) is 0 Å². The maximum absolute atomic E-state index is 13.1. The molecule has 1 aromatic heterocycles. The van der Waals surface area contributed by atoms with Crippen LogP contribution in [0, 0.1) is 0 Å². The number of amides is 1. The molecule has 0 spiro atoms. The Labute approximate surface area is 169 Å². The van der Waals surface area contributed by atoms with Gasteiger partial charge in [-0.1, -0.05) is 63.8 Å². The van der Waals surface area contributed by atoms with Crippen molar-refractivity contribution in [3.63, 3.8) is 0 Å². The number of hydrogen-bond donors (Lipinski definition) is 1. The summed E-state index contributed by atoms with van der Waals surface area (Å²) in [6, 6.07) is 7.63. The molecule has 1 amide bonds. The first kappa shape index (κ1) is 21.6. The summed E-state index contributed by atoms with van der Waals surface area (Å²) in [6.07, 6.45) is 7.49. The van der Waals surface area contributed by atoms with Gasteiger partial charge in [0.05, 0.1) is 5.56 Å². The maximum Gasteiger partial charge on any atom is 0.253 e. The van der Waals surface area contributed by atoms with Gasteiger partial charge in [-0.2, -0.15) is 0 Å². The number of nitrogens with zero attached hydrogens (tertiary/aromatic N) is 1. The molecule has 148 valence electrons. The van der Waals surface area contributed by atoms with Crippen LogP contribution in [0.1, 0.15) is 79.3 Å². The van der Waals surface area contributed by atoms with E-state index in [0.29, 0.717) is 11.6 Å². The Morgan fingerprint density at radius 2 is 1.70 bits per heavy atom. The van der Waals surface area contributed by atoms with Gasteiger partial charge in [-0.25, -0.2) is 0 Å². The zero-order chi connectivity index (χ0) is 19.8. The lowest BCUT2D eigenvalue weighted by Crippen LogP contribution is -2.24. The highest BCUT2D eigenvalue weighted by molar-refractivity contribution is 6.30. The average Bonchev–Trinajstić information content (AvgIpc) is 2.93. The molecular weight excluding hydrogens is 356 g/mol. The van der Waals surface area contributed by atoms with E-state index >= 15 is 0 Å². The van der Waals surface area contributed by atoms with E-state index in [-0.39, 0.29) is 5.91 Å². The van der Waals surface area contributed by atoms with Crippen LogP contribution in [0.3, 0.4) is 0 Å². The van der Waals surface area contributed by atoms with Gasteiger partial charge < -0.3 is 9.88 Å². The van der Waals surface area contributed by atoms with Crippen LogP contribution in [0.5, 0.6) is 0 Å². The summed E-state index contributed by atoms with van der Waals surface area (Å²) in [4.78, 5) is 13.1. The van der Waals surface area contributed by atoms with E-state index in [4.69, 9.17) is 11.6 Å². The van der Waals surface area contributed by atoms with Crippen LogP contribution in [0.2, 0.25) is 5.02 Å². The van der Waals surface area contributed by atoms with Crippen molar-refractivity contribution in [2.24, 2.45) is 7.05 Å². The largest absolute Gasteiger partial charge is 0.351 e. The van der Waals surface area contributed by atoms with Crippen molar-refractivity contribution in [1.82, 2.24) is 9.88 Å². The molecule has 0 bridgehead atoms. The number of halogens is 1. The van der Waals surface area contributed by atoms with Gasteiger partial charge in [-0.05, 0) is 48.9 Å². The predicted molar refractivity (Wildman–Crippen MR) is 115 cm³/mol. The number of carbonyl (C=O) groups is 1. The number of aromatic nitrogens is 1. The highest BCUT2D eigenvalue weighted by atomic mass is 35.5. The summed E-state index contributed by atoms with van der Waals surface area (Å²) in [7, 11) is 2.11. The Bertz CT molecular complexity index is 747. The normalized spacial score (nSPS) is 11.0. The van der Waals surface area contributed by atoms with Crippen molar-refractivity contribution in [2.75, 3.05) is 0 Å². The molecule has 0 saturated carbocycles. The molecule has 2 aromatic rings. The molecule has 27 heavy (non-hydrogen) atoms. The second-order valence-corrected chi connectivity index (χ2v) is 7.61. The van der Waals surface area contributed by atoms with Crippen molar-refractivity contribution in [3.8, 4) is 0 Å². The molecular formula is C23H33ClN2O. The molecule has 0 aliphatic rings. The number of hydrogen-bond acceptors (Lipinski definition) is 1.